The fraction of sp³-hybridized carbons (Fsp3) is 0.923. The van der Waals surface area contributed by atoms with E-state index in [-0.39, 0.29) is 0 Å². The molecule has 1 aliphatic heterocycles. The van der Waals surface area contributed by atoms with Crippen molar-refractivity contribution in [2.45, 2.75) is 39.5 Å². The minimum absolute atomic E-state index is 0.772. The lowest BCUT2D eigenvalue weighted by atomic mass is 10.0. The lowest BCUT2D eigenvalue weighted by Crippen LogP contribution is -2.43. The summed E-state index contributed by atoms with van der Waals surface area (Å²) in [4.78, 5) is 6.78. The summed E-state index contributed by atoms with van der Waals surface area (Å²) < 4.78 is 5.29. The van der Waals surface area contributed by atoms with Crippen LogP contribution in [0.4, 0.5) is 0 Å². The first kappa shape index (κ1) is 15.2. The monoisotopic (exact) mass is 256 g/mol. The first-order valence-electron chi connectivity index (χ1n) is 7.15. The van der Waals surface area contributed by atoms with Gasteiger partial charge in [-0.1, -0.05) is 13.3 Å². The third-order valence-electron chi connectivity index (χ3n) is 3.32. The number of nitrogens with zero attached hydrogens (tertiary/aromatic N) is 2. The van der Waals surface area contributed by atoms with Crippen LogP contribution in [-0.2, 0) is 4.74 Å². The Morgan fingerprint density at radius 3 is 3.00 bits per heavy atom. The van der Waals surface area contributed by atoms with Crippen molar-refractivity contribution in [3.05, 3.63) is 0 Å². The predicted molar refractivity (Wildman–Crippen MR) is 75.3 cm³/mol. The number of nitrogens with two attached hydrogens (primary N) is 1. The van der Waals surface area contributed by atoms with Gasteiger partial charge in [0.2, 0.25) is 5.96 Å². The molecule has 18 heavy (non-hydrogen) atoms. The summed E-state index contributed by atoms with van der Waals surface area (Å²) in [6, 6.07) is 0. The van der Waals surface area contributed by atoms with Gasteiger partial charge in [0, 0.05) is 32.8 Å². The molecule has 0 amide bonds. The molecule has 0 aromatic carbocycles. The average Bonchev–Trinajstić information content (AvgIpc) is 2.83. The van der Waals surface area contributed by atoms with Gasteiger partial charge in [-0.15, -0.1) is 0 Å². The quantitative estimate of drug-likeness (QED) is 0.237. The molecule has 1 atom stereocenters. The summed E-state index contributed by atoms with van der Waals surface area (Å²) in [7, 11) is 0. The molecule has 5 heteroatoms. The van der Waals surface area contributed by atoms with Crippen LogP contribution in [-0.4, -0.2) is 43.7 Å². The van der Waals surface area contributed by atoms with Crippen molar-refractivity contribution < 1.29 is 4.74 Å². The van der Waals surface area contributed by atoms with E-state index in [0.717, 1.165) is 51.1 Å². The van der Waals surface area contributed by atoms with E-state index in [1.165, 1.54) is 19.3 Å². The zero-order valence-electron chi connectivity index (χ0n) is 11.8. The largest absolute Gasteiger partial charge is 0.382 e. The zero-order chi connectivity index (χ0) is 13.2. The van der Waals surface area contributed by atoms with E-state index in [0.29, 0.717) is 0 Å². The number of aliphatic imine (C=N–C) groups is 1. The van der Waals surface area contributed by atoms with Crippen LogP contribution in [0.3, 0.4) is 0 Å². The normalized spacial score (nSPS) is 20.5. The first-order valence-corrected chi connectivity index (χ1v) is 7.15. The van der Waals surface area contributed by atoms with Gasteiger partial charge < -0.3 is 9.64 Å². The summed E-state index contributed by atoms with van der Waals surface area (Å²) in [6.45, 7) is 8.73. The standard InChI is InChI=1S/C13H28N4O/c1-3-6-12-7-9-17(11-12)13(16-14)15-8-5-10-18-4-2/h12H,3-11,14H2,1-2H3,(H,15,16). The Balaban J connectivity index is 2.29. The van der Waals surface area contributed by atoms with Crippen LogP contribution in [0.5, 0.6) is 0 Å². The second-order valence-corrected chi connectivity index (χ2v) is 4.79. The first-order chi connectivity index (χ1) is 8.81. The lowest BCUT2D eigenvalue weighted by Gasteiger charge is -2.20. The molecular formula is C13H28N4O. The zero-order valence-corrected chi connectivity index (χ0v) is 11.8. The van der Waals surface area contributed by atoms with E-state index >= 15 is 0 Å². The van der Waals surface area contributed by atoms with E-state index in [9.17, 15) is 0 Å². The van der Waals surface area contributed by atoms with Gasteiger partial charge in [-0.05, 0) is 32.1 Å². The van der Waals surface area contributed by atoms with Crippen LogP contribution in [0.15, 0.2) is 4.99 Å². The number of guanidine groups is 1. The molecule has 0 bridgehead atoms. The third kappa shape index (κ3) is 5.23. The third-order valence-corrected chi connectivity index (χ3v) is 3.32. The van der Waals surface area contributed by atoms with Crippen LogP contribution in [0.25, 0.3) is 0 Å². The maximum absolute atomic E-state index is 5.56. The van der Waals surface area contributed by atoms with E-state index in [1.54, 1.807) is 0 Å². The van der Waals surface area contributed by atoms with Crippen LogP contribution < -0.4 is 11.3 Å². The van der Waals surface area contributed by atoms with Crippen LogP contribution in [0.1, 0.15) is 39.5 Å². The van der Waals surface area contributed by atoms with Crippen molar-refractivity contribution in [3.8, 4) is 0 Å². The molecule has 0 aromatic heterocycles. The highest BCUT2D eigenvalue weighted by atomic mass is 16.5. The molecule has 1 fully saturated rings. The van der Waals surface area contributed by atoms with Gasteiger partial charge in [-0.3, -0.25) is 10.4 Å². The molecule has 0 aromatic rings. The molecule has 3 N–H and O–H groups in total. The average molecular weight is 256 g/mol. The number of hydrogen-bond donors (Lipinski definition) is 2. The molecule has 0 spiro atoms. The van der Waals surface area contributed by atoms with Crippen LogP contribution in [0, 0.1) is 5.92 Å². The SMILES string of the molecule is CCCC1CCN(C(=NCCCOCC)NN)C1. The van der Waals surface area contributed by atoms with Gasteiger partial charge in [0.05, 0.1) is 0 Å². The van der Waals surface area contributed by atoms with Gasteiger partial charge in [0.25, 0.3) is 0 Å². The Hall–Kier alpha value is -0.810. The maximum atomic E-state index is 5.56. The molecule has 106 valence electrons. The van der Waals surface area contributed by atoms with Crippen molar-refractivity contribution in [2.24, 2.45) is 16.8 Å². The topological polar surface area (TPSA) is 62.9 Å². The van der Waals surface area contributed by atoms with Crippen molar-refractivity contribution >= 4 is 5.96 Å². The minimum Gasteiger partial charge on any atom is -0.382 e. The van der Waals surface area contributed by atoms with Gasteiger partial charge in [-0.25, -0.2) is 5.84 Å². The maximum Gasteiger partial charge on any atom is 0.208 e. The van der Waals surface area contributed by atoms with Gasteiger partial charge in [-0.2, -0.15) is 0 Å². The second kappa shape index (κ2) is 9.16. The van der Waals surface area contributed by atoms with Gasteiger partial charge >= 0.3 is 0 Å². The number of likely N-dealkylation sites (tertiary alicyclic amines) is 1. The Morgan fingerprint density at radius 2 is 2.33 bits per heavy atom. The van der Waals surface area contributed by atoms with Crippen molar-refractivity contribution in [2.75, 3.05) is 32.8 Å². The second-order valence-electron chi connectivity index (χ2n) is 4.79. The summed E-state index contributed by atoms with van der Waals surface area (Å²) >= 11 is 0. The minimum atomic E-state index is 0.772. The highest BCUT2D eigenvalue weighted by molar-refractivity contribution is 5.79. The number of hydrazine groups is 1. The molecule has 1 rings (SSSR count). The summed E-state index contributed by atoms with van der Waals surface area (Å²) in [5, 5.41) is 0. The molecule has 1 heterocycles. The number of hydrogen-bond acceptors (Lipinski definition) is 3. The molecule has 1 aliphatic rings. The number of nitrogens with one attached hydrogen (secondary N) is 1. The molecule has 1 saturated heterocycles. The Morgan fingerprint density at radius 1 is 1.50 bits per heavy atom. The van der Waals surface area contributed by atoms with E-state index in [1.807, 2.05) is 6.92 Å². The van der Waals surface area contributed by atoms with E-state index in [2.05, 4.69) is 22.2 Å². The number of rotatable bonds is 7. The Bertz CT molecular complexity index is 245. The van der Waals surface area contributed by atoms with Gasteiger partial charge in [0.15, 0.2) is 0 Å². The Labute approximate surface area is 111 Å². The summed E-state index contributed by atoms with van der Waals surface area (Å²) in [6.07, 6.45) is 4.77. The van der Waals surface area contributed by atoms with Crippen molar-refractivity contribution in [1.82, 2.24) is 10.3 Å². The highest BCUT2D eigenvalue weighted by Gasteiger charge is 2.23. The van der Waals surface area contributed by atoms with Crippen molar-refractivity contribution in [1.29, 1.82) is 0 Å². The smallest absolute Gasteiger partial charge is 0.208 e. The Kier molecular flexibility index (Phi) is 7.76. The summed E-state index contributed by atoms with van der Waals surface area (Å²) in [5.41, 5.74) is 2.73. The molecule has 0 aliphatic carbocycles. The fourth-order valence-electron chi connectivity index (χ4n) is 2.40. The summed E-state index contributed by atoms with van der Waals surface area (Å²) in [5.74, 6) is 7.20. The van der Waals surface area contributed by atoms with Crippen molar-refractivity contribution in [3.63, 3.8) is 0 Å². The molecular weight excluding hydrogens is 228 g/mol. The number of ether oxygens (including phenoxy) is 1. The predicted octanol–water partition coefficient (Wildman–Crippen LogP) is 1.35. The van der Waals surface area contributed by atoms with E-state index < -0.39 is 0 Å². The van der Waals surface area contributed by atoms with Gasteiger partial charge in [0.1, 0.15) is 0 Å². The molecule has 0 radical (unpaired) electrons. The molecule has 0 saturated carbocycles. The molecule has 1 unspecified atom stereocenters. The lowest BCUT2D eigenvalue weighted by molar-refractivity contribution is 0.146. The van der Waals surface area contributed by atoms with E-state index in [4.69, 9.17) is 10.6 Å². The highest BCUT2D eigenvalue weighted by Crippen LogP contribution is 2.20. The fourth-order valence-corrected chi connectivity index (χ4v) is 2.40. The van der Waals surface area contributed by atoms with Crippen LogP contribution >= 0.6 is 0 Å². The molecule has 5 nitrogen and oxygen atoms in total. The van der Waals surface area contributed by atoms with Crippen LogP contribution in [0.2, 0.25) is 0 Å².